The van der Waals surface area contributed by atoms with Gasteiger partial charge in [-0.2, -0.15) is 0 Å². The lowest BCUT2D eigenvalue weighted by Gasteiger charge is -2.09. The number of rotatable bonds is 4. The number of aryl methyl sites for hydroxylation is 2. The molecule has 0 bridgehead atoms. The highest BCUT2D eigenvalue weighted by molar-refractivity contribution is 6.31. The van der Waals surface area contributed by atoms with Crippen LogP contribution in [0.15, 0.2) is 42.5 Å². The summed E-state index contributed by atoms with van der Waals surface area (Å²) in [5, 5.41) is 6.30. The summed E-state index contributed by atoms with van der Waals surface area (Å²) in [7, 11) is 0. The van der Waals surface area contributed by atoms with Crippen molar-refractivity contribution in [2.45, 2.75) is 20.3 Å². The molecule has 1 aliphatic rings. The second-order valence-corrected chi connectivity index (χ2v) is 6.69. The third kappa shape index (κ3) is 3.77. The van der Waals surface area contributed by atoms with Crippen LogP contribution in [0, 0.1) is 25.7 Å². The fourth-order valence-corrected chi connectivity index (χ4v) is 2.77. The Kier molecular flexibility index (Phi) is 4.58. The first-order chi connectivity index (χ1) is 11.4. The summed E-state index contributed by atoms with van der Waals surface area (Å²) in [6.45, 7) is 3.89. The Balaban J connectivity index is 1.58. The summed E-state index contributed by atoms with van der Waals surface area (Å²) in [4.78, 5) is 24.6. The van der Waals surface area contributed by atoms with Crippen molar-refractivity contribution in [1.82, 2.24) is 0 Å². The van der Waals surface area contributed by atoms with Gasteiger partial charge in [0.05, 0.1) is 11.8 Å². The van der Waals surface area contributed by atoms with Gasteiger partial charge in [0.15, 0.2) is 0 Å². The zero-order valence-corrected chi connectivity index (χ0v) is 14.4. The molecule has 0 aromatic heterocycles. The van der Waals surface area contributed by atoms with Gasteiger partial charge in [-0.05, 0) is 50.1 Å². The minimum Gasteiger partial charge on any atom is -0.326 e. The van der Waals surface area contributed by atoms with Crippen molar-refractivity contribution in [3.63, 3.8) is 0 Å². The molecule has 2 aromatic carbocycles. The number of hydrogen-bond donors (Lipinski definition) is 2. The van der Waals surface area contributed by atoms with E-state index in [2.05, 4.69) is 10.6 Å². The number of amides is 2. The zero-order chi connectivity index (χ0) is 17.3. The molecule has 0 radical (unpaired) electrons. The molecular formula is C19H19ClN2O2. The quantitative estimate of drug-likeness (QED) is 0.876. The van der Waals surface area contributed by atoms with Crippen LogP contribution in [0.4, 0.5) is 11.4 Å². The smallest absolute Gasteiger partial charge is 0.228 e. The zero-order valence-electron chi connectivity index (χ0n) is 13.6. The van der Waals surface area contributed by atoms with Crippen molar-refractivity contribution >= 4 is 34.8 Å². The van der Waals surface area contributed by atoms with Gasteiger partial charge in [-0.15, -0.1) is 0 Å². The average molecular weight is 343 g/mol. The molecule has 1 fully saturated rings. The fraction of sp³-hybridized carbons (Fsp3) is 0.263. The van der Waals surface area contributed by atoms with Gasteiger partial charge in [0.25, 0.3) is 0 Å². The highest BCUT2D eigenvalue weighted by atomic mass is 35.5. The first-order valence-corrected chi connectivity index (χ1v) is 8.26. The maximum atomic E-state index is 12.3. The van der Waals surface area contributed by atoms with E-state index in [1.165, 1.54) is 0 Å². The number of hydrogen-bond acceptors (Lipinski definition) is 2. The van der Waals surface area contributed by atoms with Crippen molar-refractivity contribution in [2.75, 3.05) is 10.6 Å². The number of anilines is 2. The van der Waals surface area contributed by atoms with E-state index in [4.69, 9.17) is 11.6 Å². The Morgan fingerprint density at radius 3 is 2.25 bits per heavy atom. The Morgan fingerprint density at radius 2 is 1.58 bits per heavy atom. The highest BCUT2D eigenvalue weighted by Crippen LogP contribution is 2.40. The summed E-state index contributed by atoms with van der Waals surface area (Å²) in [6, 6.07) is 13.0. The van der Waals surface area contributed by atoms with E-state index in [0.717, 1.165) is 16.8 Å². The molecule has 2 amide bonds. The number of carbonyl (C=O) groups is 2. The molecule has 0 aliphatic heterocycles. The molecule has 2 atom stereocenters. The number of carbonyl (C=O) groups excluding carboxylic acids is 2. The third-order valence-corrected chi connectivity index (χ3v) is 4.48. The predicted molar refractivity (Wildman–Crippen MR) is 96.2 cm³/mol. The molecule has 1 saturated carbocycles. The Hall–Kier alpha value is -2.33. The predicted octanol–water partition coefficient (Wildman–Crippen LogP) is 4.17. The minimum absolute atomic E-state index is 0.109. The molecule has 3 rings (SSSR count). The average Bonchev–Trinajstić information content (AvgIpc) is 3.34. The Labute approximate surface area is 146 Å². The van der Waals surface area contributed by atoms with Gasteiger partial charge in [0, 0.05) is 16.4 Å². The van der Waals surface area contributed by atoms with Crippen LogP contribution in [0.25, 0.3) is 0 Å². The second-order valence-electron chi connectivity index (χ2n) is 6.25. The molecule has 124 valence electrons. The third-order valence-electron chi connectivity index (χ3n) is 4.24. The van der Waals surface area contributed by atoms with Crippen LogP contribution in [-0.2, 0) is 9.59 Å². The Bertz CT molecular complexity index is 786. The lowest BCUT2D eigenvalue weighted by Crippen LogP contribution is -2.20. The molecule has 2 unspecified atom stereocenters. The fourth-order valence-electron chi connectivity index (χ4n) is 2.60. The first kappa shape index (κ1) is 16.5. The van der Waals surface area contributed by atoms with Crippen molar-refractivity contribution in [3.8, 4) is 0 Å². The molecule has 0 heterocycles. The van der Waals surface area contributed by atoms with Gasteiger partial charge in [-0.3, -0.25) is 9.59 Å². The Morgan fingerprint density at radius 1 is 0.958 bits per heavy atom. The maximum absolute atomic E-state index is 12.3. The van der Waals surface area contributed by atoms with E-state index < -0.39 is 0 Å². The SMILES string of the molecule is Cc1ccc(NC(=O)C2CC2C(=O)Nc2cc(Cl)ccc2C)cc1. The molecule has 0 saturated heterocycles. The highest BCUT2D eigenvalue weighted by Gasteiger charge is 2.48. The van der Waals surface area contributed by atoms with Gasteiger partial charge in [-0.25, -0.2) is 0 Å². The molecule has 2 N–H and O–H groups in total. The lowest BCUT2D eigenvalue weighted by atomic mass is 10.2. The van der Waals surface area contributed by atoms with Crippen molar-refractivity contribution < 1.29 is 9.59 Å². The molecule has 1 aliphatic carbocycles. The molecule has 24 heavy (non-hydrogen) atoms. The lowest BCUT2D eigenvalue weighted by molar-refractivity contribution is -0.122. The van der Waals surface area contributed by atoms with Crippen LogP contribution in [-0.4, -0.2) is 11.8 Å². The van der Waals surface area contributed by atoms with Gasteiger partial charge in [-0.1, -0.05) is 35.4 Å². The summed E-state index contributed by atoms with van der Waals surface area (Å²) in [5.74, 6) is -0.800. The summed E-state index contributed by atoms with van der Waals surface area (Å²) < 4.78 is 0. The number of benzene rings is 2. The monoisotopic (exact) mass is 342 g/mol. The largest absolute Gasteiger partial charge is 0.326 e. The molecule has 4 nitrogen and oxygen atoms in total. The normalized spacial score (nSPS) is 18.8. The number of nitrogens with one attached hydrogen (secondary N) is 2. The second kappa shape index (κ2) is 6.65. The summed E-state index contributed by atoms with van der Waals surface area (Å²) in [5.41, 5.74) is 3.52. The van der Waals surface area contributed by atoms with E-state index >= 15 is 0 Å². The van der Waals surface area contributed by atoms with Crippen molar-refractivity contribution in [1.29, 1.82) is 0 Å². The molecule has 5 heteroatoms. The molecular weight excluding hydrogens is 324 g/mol. The standard InChI is InChI=1S/C19H19ClN2O2/c1-11-3-7-14(8-4-11)21-18(23)15-10-16(15)19(24)22-17-9-13(20)6-5-12(17)2/h3-9,15-16H,10H2,1-2H3,(H,21,23)(H,22,24). The van der Waals surface area contributed by atoms with Gasteiger partial charge >= 0.3 is 0 Å². The molecule has 2 aromatic rings. The molecule has 0 spiro atoms. The van der Waals surface area contributed by atoms with Crippen LogP contribution in [0.5, 0.6) is 0 Å². The van der Waals surface area contributed by atoms with Gasteiger partial charge < -0.3 is 10.6 Å². The number of halogens is 1. The van der Waals surface area contributed by atoms with Crippen LogP contribution in [0.3, 0.4) is 0 Å². The van der Waals surface area contributed by atoms with E-state index in [1.54, 1.807) is 12.1 Å². The summed E-state index contributed by atoms with van der Waals surface area (Å²) >= 11 is 5.96. The van der Waals surface area contributed by atoms with E-state index in [1.807, 2.05) is 44.2 Å². The van der Waals surface area contributed by atoms with Crippen LogP contribution in [0.1, 0.15) is 17.5 Å². The maximum Gasteiger partial charge on any atom is 0.228 e. The van der Waals surface area contributed by atoms with Crippen LogP contribution in [0.2, 0.25) is 5.02 Å². The summed E-state index contributed by atoms with van der Waals surface area (Å²) in [6.07, 6.45) is 0.573. The first-order valence-electron chi connectivity index (χ1n) is 7.88. The topological polar surface area (TPSA) is 58.2 Å². The van der Waals surface area contributed by atoms with Gasteiger partial charge in [0.1, 0.15) is 0 Å². The van der Waals surface area contributed by atoms with Crippen molar-refractivity contribution in [3.05, 3.63) is 58.6 Å². The van der Waals surface area contributed by atoms with Crippen LogP contribution >= 0.6 is 11.6 Å². The van der Waals surface area contributed by atoms with Crippen molar-refractivity contribution in [2.24, 2.45) is 11.8 Å². The van der Waals surface area contributed by atoms with E-state index in [0.29, 0.717) is 17.1 Å². The van der Waals surface area contributed by atoms with E-state index in [-0.39, 0.29) is 23.7 Å². The minimum atomic E-state index is -0.283. The van der Waals surface area contributed by atoms with Gasteiger partial charge in [0.2, 0.25) is 11.8 Å². The van der Waals surface area contributed by atoms with E-state index in [9.17, 15) is 9.59 Å². The van der Waals surface area contributed by atoms with Crippen LogP contribution < -0.4 is 10.6 Å².